The van der Waals surface area contributed by atoms with Gasteiger partial charge in [-0.2, -0.15) is 0 Å². The van der Waals surface area contributed by atoms with Crippen molar-refractivity contribution in [1.82, 2.24) is 0 Å². The molecule has 0 aliphatic heterocycles. The summed E-state index contributed by atoms with van der Waals surface area (Å²) in [6.07, 6.45) is 0. The topological polar surface area (TPSA) is 35.5 Å². The van der Waals surface area contributed by atoms with Crippen LogP contribution in [0.3, 0.4) is 0 Å². The summed E-state index contributed by atoms with van der Waals surface area (Å²) in [7, 11) is -0.195. The fourth-order valence-corrected chi connectivity index (χ4v) is 4.55. The van der Waals surface area contributed by atoms with E-state index in [-0.39, 0.29) is 17.7 Å². The van der Waals surface area contributed by atoms with Crippen LogP contribution in [0.4, 0.5) is 0 Å². The monoisotopic (exact) mass is 377 g/mol. The van der Waals surface area contributed by atoms with E-state index in [4.69, 9.17) is 9.47 Å². The van der Waals surface area contributed by atoms with Crippen LogP contribution in [-0.4, -0.2) is 12.8 Å². The maximum atomic E-state index is 11.4. The molecule has 0 aliphatic rings. The fourth-order valence-electron chi connectivity index (χ4n) is 2.47. The Balaban J connectivity index is 1.78. The van der Waals surface area contributed by atoms with Crippen LogP contribution in [0.25, 0.3) is 0 Å². The van der Waals surface area contributed by atoms with E-state index in [0.29, 0.717) is 11.3 Å². The van der Waals surface area contributed by atoms with Crippen molar-refractivity contribution in [2.45, 2.75) is 21.6 Å². The SMILES string of the molecule is C=C(C)C(=O)OCOc1ccc([S+](c2ccccc2)c2ccccc2)cc1. The Morgan fingerprint density at radius 2 is 1.30 bits per heavy atom. The molecule has 3 nitrogen and oxygen atoms in total. The molecule has 0 fully saturated rings. The molecule has 0 unspecified atom stereocenters. The predicted molar refractivity (Wildman–Crippen MR) is 108 cm³/mol. The Labute approximate surface area is 162 Å². The van der Waals surface area contributed by atoms with E-state index in [9.17, 15) is 4.79 Å². The Kier molecular flexibility index (Phi) is 6.34. The van der Waals surface area contributed by atoms with Gasteiger partial charge in [-0.1, -0.05) is 43.0 Å². The van der Waals surface area contributed by atoms with Gasteiger partial charge in [0.05, 0.1) is 10.9 Å². The Morgan fingerprint density at radius 3 is 1.78 bits per heavy atom. The van der Waals surface area contributed by atoms with Crippen molar-refractivity contribution in [2.24, 2.45) is 0 Å². The molecule has 0 saturated carbocycles. The zero-order valence-corrected chi connectivity index (χ0v) is 15.9. The zero-order valence-electron chi connectivity index (χ0n) is 15.1. The number of carbonyl (C=O) groups is 1. The number of ether oxygens (including phenoxy) is 2. The summed E-state index contributed by atoms with van der Waals surface area (Å²) in [5, 5.41) is 0. The van der Waals surface area contributed by atoms with E-state index in [1.165, 1.54) is 14.7 Å². The maximum absolute atomic E-state index is 11.4. The van der Waals surface area contributed by atoms with Gasteiger partial charge in [0.1, 0.15) is 5.75 Å². The molecule has 0 amide bonds. The lowest BCUT2D eigenvalue weighted by Crippen LogP contribution is -2.10. The van der Waals surface area contributed by atoms with Gasteiger partial charge < -0.3 is 9.47 Å². The van der Waals surface area contributed by atoms with Crippen molar-refractivity contribution in [3.8, 4) is 5.75 Å². The van der Waals surface area contributed by atoms with Crippen molar-refractivity contribution in [3.63, 3.8) is 0 Å². The lowest BCUT2D eigenvalue weighted by atomic mass is 10.3. The number of hydrogen-bond acceptors (Lipinski definition) is 3. The second kappa shape index (κ2) is 9.10. The van der Waals surface area contributed by atoms with E-state index in [0.717, 1.165) is 0 Å². The van der Waals surface area contributed by atoms with Crippen LogP contribution in [0.5, 0.6) is 5.75 Å². The summed E-state index contributed by atoms with van der Waals surface area (Å²) in [5.41, 5.74) is 0.351. The molecule has 0 N–H and O–H groups in total. The van der Waals surface area contributed by atoms with Crippen molar-refractivity contribution < 1.29 is 14.3 Å². The minimum absolute atomic E-state index is 0.131. The maximum Gasteiger partial charge on any atom is 0.335 e. The lowest BCUT2D eigenvalue weighted by Gasteiger charge is -2.10. The number of rotatable bonds is 7. The number of esters is 1. The summed E-state index contributed by atoms with van der Waals surface area (Å²) >= 11 is 0. The first-order valence-electron chi connectivity index (χ1n) is 8.55. The van der Waals surface area contributed by atoms with Gasteiger partial charge in [-0.05, 0) is 55.5 Å². The Morgan fingerprint density at radius 1 is 0.815 bits per heavy atom. The van der Waals surface area contributed by atoms with Gasteiger partial charge in [0.25, 0.3) is 0 Å². The van der Waals surface area contributed by atoms with E-state index < -0.39 is 5.97 Å². The van der Waals surface area contributed by atoms with Crippen molar-refractivity contribution in [3.05, 3.63) is 97.1 Å². The normalized spacial score (nSPS) is 10.4. The molecule has 0 bridgehead atoms. The van der Waals surface area contributed by atoms with Crippen LogP contribution in [0.2, 0.25) is 0 Å². The second-order valence-corrected chi connectivity index (χ2v) is 7.90. The highest BCUT2D eigenvalue weighted by molar-refractivity contribution is 7.97. The molecule has 0 radical (unpaired) electrons. The summed E-state index contributed by atoms with van der Waals surface area (Å²) in [5.74, 6) is 0.194. The number of hydrogen-bond donors (Lipinski definition) is 0. The van der Waals surface area contributed by atoms with Crippen molar-refractivity contribution >= 4 is 16.9 Å². The molecule has 0 aromatic heterocycles. The van der Waals surface area contributed by atoms with Crippen LogP contribution >= 0.6 is 0 Å². The summed E-state index contributed by atoms with van der Waals surface area (Å²) in [4.78, 5) is 15.1. The quantitative estimate of drug-likeness (QED) is 0.245. The molecule has 3 aromatic rings. The average molecular weight is 377 g/mol. The molecule has 0 heterocycles. The first kappa shape index (κ1) is 18.8. The summed E-state index contributed by atoms with van der Waals surface area (Å²) in [6.45, 7) is 5.01. The third kappa shape index (κ3) is 5.02. The van der Waals surface area contributed by atoms with Gasteiger partial charge in [-0.25, -0.2) is 4.79 Å². The van der Waals surface area contributed by atoms with Gasteiger partial charge in [0, 0.05) is 5.57 Å². The highest BCUT2D eigenvalue weighted by Crippen LogP contribution is 2.31. The zero-order chi connectivity index (χ0) is 19.1. The molecule has 27 heavy (non-hydrogen) atoms. The van der Waals surface area contributed by atoms with Crippen LogP contribution < -0.4 is 4.74 Å². The molecule has 0 aliphatic carbocycles. The van der Waals surface area contributed by atoms with Gasteiger partial charge in [0.2, 0.25) is 6.79 Å². The fraction of sp³-hybridized carbons (Fsp3) is 0.0870. The third-order valence-corrected chi connectivity index (χ3v) is 6.01. The van der Waals surface area contributed by atoms with Crippen LogP contribution in [-0.2, 0) is 20.4 Å². The highest BCUT2D eigenvalue weighted by Gasteiger charge is 2.28. The van der Waals surface area contributed by atoms with Gasteiger partial charge >= 0.3 is 5.97 Å². The Hall–Kier alpha value is -2.98. The number of benzene rings is 3. The predicted octanol–water partition coefficient (Wildman–Crippen LogP) is 5.24. The Bertz CT molecular complexity index is 850. The molecule has 3 aromatic carbocycles. The molecule has 0 saturated heterocycles. The second-order valence-electron chi connectivity index (χ2n) is 5.88. The molecule has 0 atom stereocenters. The minimum Gasteiger partial charge on any atom is -0.457 e. The molecule has 136 valence electrons. The van der Waals surface area contributed by atoms with Gasteiger partial charge in [-0.15, -0.1) is 0 Å². The largest absolute Gasteiger partial charge is 0.457 e. The first-order valence-corrected chi connectivity index (χ1v) is 9.77. The van der Waals surface area contributed by atoms with Crippen LogP contribution in [0, 0.1) is 0 Å². The van der Waals surface area contributed by atoms with E-state index in [1.54, 1.807) is 6.92 Å². The van der Waals surface area contributed by atoms with Crippen molar-refractivity contribution in [1.29, 1.82) is 0 Å². The first-order chi connectivity index (χ1) is 13.1. The van der Waals surface area contributed by atoms with Crippen LogP contribution in [0.1, 0.15) is 6.92 Å². The van der Waals surface area contributed by atoms with Crippen LogP contribution in [0.15, 0.2) is 112 Å². The van der Waals surface area contributed by atoms with E-state index in [1.807, 2.05) is 24.3 Å². The molecular formula is C23H21O3S+. The smallest absolute Gasteiger partial charge is 0.335 e. The third-order valence-electron chi connectivity index (χ3n) is 3.78. The summed E-state index contributed by atoms with van der Waals surface area (Å²) < 4.78 is 10.5. The molecule has 0 spiro atoms. The number of carbonyl (C=O) groups excluding carboxylic acids is 1. The highest BCUT2D eigenvalue weighted by atomic mass is 32.2. The lowest BCUT2D eigenvalue weighted by molar-refractivity contribution is -0.145. The van der Waals surface area contributed by atoms with Crippen molar-refractivity contribution in [2.75, 3.05) is 6.79 Å². The average Bonchev–Trinajstić information content (AvgIpc) is 2.71. The molecule has 3 rings (SSSR count). The summed E-state index contributed by atoms with van der Waals surface area (Å²) in [6, 6.07) is 28.8. The standard InChI is InChI=1S/C23H21O3S/c1-18(2)23(24)26-17-25-19-13-15-22(16-14-19)27(20-9-5-3-6-10-20)21-11-7-4-8-12-21/h3-16H,1,17H2,2H3/q+1. The van der Waals surface area contributed by atoms with Gasteiger partial charge in [0.15, 0.2) is 14.7 Å². The van der Waals surface area contributed by atoms with E-state index in [2.05, 4.69) is 67.2 Å². The van der Waals surface area contributed by atoms with E-state index >= 15 is 0 Å². The molecule has 4 heteroatoms. The minimum atomic E-state index is -0.457. The van der Waals surface area contributed by atoms with Gasteiger partial charge in [-0.3, -0.25) is 0 Å². The molecular weight excluding hydrogens is 356 g/mol.